The lowest BCUT2D eigenvalue weighted by Crippen LogP contribution is -2.38. The molecule has 0 aliphatic carbocycles. The van der Waals surface area contributed by atoms with Crippen LogP contribution in [0, 0.1) is 0 Å². The number of likely N-dealkylation sites (tertiary alicyclic amines) is 1. The molecule has 0 atom stereocenters. The molecule has 0 bridgehead atoms. The van der Waals surface area contributed by atoms with Gasteiger partial charge < -0.3 is 4.90 Å². The molecule has 1 aliphatic rings. The van der Waals surface area contributed by atoms with E-state index in [1.165, 1.54) is 0 Å². The predicted octanol–water partition coefficient (Wildman–Crippen LogP) is 2.10. The van der Waals surface area contributed by atoms with Gasteiger partial charge in [0.05, 0.1) is 0 Å². The van der Waals surface area contributed by atoms with Crippen LogP contribution in [0.1, 0.15) is 39.0 Å². The summed E-state index contributed by atoms with van der Waals surface area (Å²) >= 11 is 4.40. The van der Waals surface area contributed by atoms with E-state index in [9.17, 15) is 4.79 Å². The number of piperidine rings is 1. The second kappa shape index (κ2) is 5.53. The van der Waals surface area contributed by atoms with E-state index in [1.807, 2.05) is 4.90 Å². The first kappa shape index (κ1) is 10.9. The van der Waals surface area contributed by atoms with Crippen LogP contribution in [0.5, 0.6) is 0 Å². The average molecular weight is 201 g/mol. The van der Waals surface area contributed by atoms with Crippen molar-refractivity contribution in [3.8, 4) is 0 Å². The lowest BCUT2D eigenvalue weighted by atomic mass is 10.1. The molecule has 2 nitrogen and oxygen atoms in total. The molecule has 1 aliphatic heterocycles. The summed E-state index contributed by atoms with van der Waals surface area (Å²) in [6, 6.07) is 0. The minimum absolute atomic E-state index is 0.335. The van der Waals surface area contributed by atoms with E-state index < -0.39 is 0 Å². The Kier molecular flexibility index (Phi) is 4.64. The number of carbonyl (C=O) groups is 1. The largest absolute Gasteiger partial charge is 0.343 e. The molecule has 13 heavy (non-hydrogen) atoms. The summed E-state index contributed by atoms with van der Waals surface area (Å²) in [4.78, 5) is 13.6. The second-order valence-electron chi connectivity index (χ2n) is 3.72. The lowest BCUT2D eigenvalue weighted by molar-refractivity contribution is -0.132. The Morgan fingerprint density at radius 3 is 2.62 bits per heavy atom. The zero-order chi connectivity index (χ0) is 9.68. The Balaban J connectivity index is 2.23. The van der Waals surface area contributed by atoms with Crippen molar-refractivity contribution in [2.75, 3.05) is 13.1 Å². The highest BCUT2D eigenvalue weighted by Gasteiger charge is 2.19. The zero-order valence-electron chi connectivity index (χ0n) is 8.33. The van der Waals surface area contributed by atoms with Crippen molar-refractivity contribution in [1.29, 1.82) is 0 Å². The first-order valence-corrected chi connectivity index (χ1v) is 5.71. The van der Waals surface area contributed by atoms with Crippen molar-refractivity contribution in [3.63, 3.8) is 0 Å². The number of carbonyl (C=O) groups excluding carboxylic acids is 1. The van der Waals surface area contributed by atoms with Gasteiger partial charge >= 0.3 is 0 Å². The standard InChI is InChI=1S/C10H19NOS/c1-2-3-4-10(12)11-7-5-9(13)6-8-11/h9,13H,2-8H2,1H3. The summed E-state index contributed by atoms with van der Waals surface area (Å²) in [5.74, 6) is 0.335. The maximum Gasteiger partial charge on any atom is 0.222 e. The molecule has 1 rings (SSSR count). The van der Waals surface area contributed by atoms with Crippen LogP contribution in [0.15, 0.2) is 0 Å². The van der Waals surface area contributed by atoms with Gasteiger partial charge in [-0.25, -0.2) is 0 Å². The number of amides is 1. The van der Waals surface area contributed by atoms with Gasteiger partial charge in [0.15, 0.2) is 0 Å². The van der Waals surface area contributed by atoms with E-state index in [-0.39, 0.29) is 0 Å². The molecule has 1 saturated heterocycles. The summed E-state index contributed by atoms with van der Waals surface area (Å²) in [7, 11) is 0. The normalized spacial score (nSPS) is 19.1. The molecule has 3 heteroatoms. The molecule has 0 unspecified atom stereocenters. The van der Waals surface area contributed by atoms with E-state index in [2.05, 4.69) is 19.6 Å². The van der Waals surface area contributed by atoms with E-state index in [4.69, 9.17) is 0 Å². The minimum atomic E-state index is 0.335. The molecule has 0 saturated carbocycles. The molecule has 1 amide bonds. The Morgan fingerprint density at radius 1 is 1.46 bits per heavy atom. The van der Waals surface area contributed by atoms with Gasteiger partial charge in [-0.3, -0.25) is 4.79 Å². The highest BCUT2D eigenvalue weighted by atomic mass is 32.1. The molecule has 76 valence electrons. The summed E-state index contributed by atoms with van der Waals surface area (Å²) in [6.45, 7) is 3.95. The van der Waals surface area contributed by atoms with Crippen molar-refractivity contribution in [1.82, 2.24) is 4.90 Å². The third-order valence-electron chi connectivity index (χ3n) is 2.56. The molecule has 0 aromatic rings. The molecule has 0 N–H and O–H groups in total. The average Bonchev–Trinajstić information content (AvgIpc) is 2.15. The summed E-state index contributed by atoms with van der Waals surface area (Å²) in [5, 5.41) is 0.509. The Labute approximate surface area is 86.1 Å². The SMILES string of the molecule is CCCCC(=O)N1CCC(S)CC1. The fourth-order valence-electron chi connectivity index (χ4n) is 1.60. The fourth-order valence-corrected chi connectivity index (χ4v) is 1.83. The van der Waals surface area contributed by atoms with Gasteiger partial charge in [-0.1, -0.05) is 13.3 Å². The van der Waals surface area contributed by atoms with Crippen LogP contribution in [0.3, 0.4) is 0 Å². The van der Waals surface area contributed by atoms with Gasteiger partial charge in [-0.15, -0.1) is 0 Å². The highest BCUT2D eigenvalue weighted by molar-refractivity contribution is 7.80. The molecular weight excluding hydrogens is 182 g/mol. The van der Waals surface area contributed by atoms with Crippen molar-refractivity contribution in [2.45, 2.75) is 44.3 Å². The van der Waals surface area contributed by atoms with Crippen LogP contribution in [0.2, 0.25) is 0 Å². The van der Waals surface area contributed by atoms with E-state index >= 15 is 0 Å². The fraction of sp³-hybridized carbons (Fsp3) is 0.900. The van der Waals surface area contributed by atoms with Crippen LogP contribution in [-0.2, 0) is 4.79 Å². The number of thiol groups is 1. The van der Waals surface area contributed by atoms with Crippen LogP contribution < -0.4 is 0 Å². The van der Waals surface area contributed by atoms with Crippen LogP contribution in [0.25, 0.3) is 0 Å². The maximum atomic E-state index is 11.6. The molecule has 0 aromatic heterocycles. The summed E-state index contributed by atoms with van der Waals surface area (Å²) in [5.41, 5.74) is 0. The topological polar surface area (TPSA) is 20.3 Å². The van der Waals surface area contributed by atoms with Crippen molar-refractivity contribution < 1.29 is 4.79 Å². The molecule has 1 fully saturated rings. The number of unbranched alkanes of at least 4 members (excludes halogenated alkanes) is 1. The van der Waals surface area contributed by atoms with Gasteiger partial charge in [0.25, 0.3) is 0 Å². The van der Waals surface area contributed by atoms with Crippen LogP contribution in [-0.4, -0.2) is 29.1 Å². The number of hydrogen-bond donors (Lipinski definition) is 1. The van der Waals surface area contributed by atoms with Crippen LogP contribution >= 0.6 is 12.6 Å². The van der Waals surface area contributed by atoms with Gasteiger partial charge in [0.1, 0.15) is 0 Å². The first-order valence-electron chi connectivity index (χ1n) is 5.20. The molecule has 0 radical (unpaired) electrons. The maximum absolute atomic E-state index is 11.6. The Bertz CT molecular complexity index is 164. The van der Waals surface area contributed by atoms with Crippen molar-refractivity contribution in [2.24, 2.45) is 0 Å². The van der Waals surface area contributed by atoms with E-state index in [0.717, 1.165) is 45.2 Å². The first-order chi connectivity index (χ1) is 6.24. The van der Waals surface area contributed by atoms with Crippen molar-refractivity contribution >= 4 is 18.5 Å². The number of hydrogen-bond acceptors (Lipinski definition) is 2. The number of rotatable bonds is 3. The smallest absolute Gasteiger partial charge is 0.222 e. The monoisotopic (exact) mass is 201 g/mol. The zero-order valence-corrected chi connectivity index (χ0v) is 9.22. The highest BCUT2D eigenvalue weighted by Crippen LogP contribution is 2.16. The molecule has 1 heterocycles. The molecule has 0 spiro atoms. The quantitative estimate of drug-likeness (QED) is 0.693. The predicted molar refractivity (Wildman–Crippen MR) is 58.1 cm³/mol. The summed E-state index contributed by atoms with van der Waals surface area (Å²) < 4.78 is 0. The second-order valence-corrected chi connectivity index (χ2v) is 4.45. The minimum Gasteiger partial charge on any atom is -0.343 e. The van der Waals surface area contributed by atoms with E-state index in [0.29, 0.717) is 11.2 Å². The van der Waals surface area contributed by atoms with Gasteiger partial charge in [0, 0.05) is 24.8 Å². The third kappa shape index (κ3) is 3.59. The van der Waals surface area contributed by atoms with Gasteiger partial charge in [-0.05, 0) is 19.3 Å². The molecule has 0 aromatic carbocycles. The van der Waals surface area contributed by atoms with Crippen LogP contribution in [0.4, 0.5) is 0 Å². The van der Waals surface area contributed by atoms with Gasteiger partial charge in [0.2, 0.25) is 5.91 Å². The third-order valence-corrected chi connectivity index (χ3v) is 3.08. The Hall–Kier alpha value is -0.180. The molecular formula is C10H19NOS. The summed E-state index contributed by atoms with van der Waals surface area (Å²) in [6.07, 6.45) is 4.98. The van der Waals surface area contributed by atoms with Crippen molar-refractivity contribution in [3.05, 3.63) is 0 Å². The van der Waals surface area contributed by atoms with E-state index in [1.54, 1.807) is 0 Å². The Morgan fingerprint density at radius 2 is 2.08 bits per heavy atom. The lowest BCUT2D eigenvalue weighted by Gasteiger charge is -2.29. The number of nitrogens with zero attached hydrogens (tertiary/aromatic N) is 1. The van der Waals surface area contributed by atoms with Gasteiger partial charge in [-0.2, -0.15) is 12.6 Å².